The Kier molecular flexibility index (Phi) is 6.61. The molecule has 1 amide bonds. The Morgan fingerprint density at radius 1 is 1.42 bits per heavy atom. The molecule has 102 valence electrons. The summed E-state index contributed by atoms with van der Waals surface area (Å²) in [4.78, 5) is 11.4. The van der Waals surface area contributed by atoms with Crippen LogP contribution in [0.3, 0.4) is 0 Å². The maximum Gasteiger partial charge on any atom is 1.00 e. The van der Waals surface area contributed by atoms with E-state index >= 15 is 0 Å². The van der Waals surface area contributed by atoms with Crippen molar-refractivity contribution in [3.63, 3.8) is 0 Å². The molecule has 0 saturated carbocycles. The molecule has 5 nitrogen and oxygen atoms in total. The number of nitrogens with one attached hydrogen (secondary N) is 1. The van der Waals surface area contributed by atoms with Gasteiger partial charge in [0.15, 0.2) is 0 Å². The number of carbonyl (C=O) groups is 1. The van der Waals surface area contributed by atoms with Gasteiger partial charge in [-0.25, -0.2) is 4.79 Å². The Hall–Kier alpha value is -0.0287. The molecular formula is C9H14BF3KN3O2. The number of nitrogens with zero attached hydrogens (tertiary/aromatic N) is 2. The first-order chi connectivity index (χ1) is 7.99. The maximum absolute atomic E-state index is 12.7. The average molecular weight is 303 g/mol. The molecule has 1 aromatic heterocycles. The van der Waals surface area contributed by atoms with Crippen molar-refractivity contribution in [3.05, 3.63) is 6.20 Å². The van der Waals surface area contributed by atoms with Gasteiger partial charge in [0, 0.05) is 7.05 Å². The number of aromatic nitrogens is 2. The van der Waals surface area contributed by atoms with Crippen LogP contribution in [0.5, 0.6) is 0 Å². The summed E-state index contributed by atoms with van der Waals surface area (Å²) >= 11 is 0. The fourth-order valence-corrected chi connectivity index (χ4v) is 1.24. The summed E-state index contributed by atoms with van der Waals surface area (Å²) in [6, 6.07) is 0. The second kappa shape index (κ2) is 6.62. The molecule has 0 bridgehead atoms. The minimum atomic E-state index is -5.24. The Labute approximate surface area is 151 Å². The predicted octanol–water partition coefficient (Wildman–Crippen LogP) is -1.17. The van der Waals surface area contributed by atoms with E-state index < -0.39 is 30.0 Å². The van der Waals surface area contributed by atoms with Crippen molar-refractivity contribution in [3.8, 4) is 0 Å². The van der Waals surface area contributed by atoms with E-state index in [0.29, 0.717) is 0 Å². The molecule has 1 heterocycles. The fourth-order valence-electron chi connectivity index (χ4n) is 1.24. The van der Waals surface area contributed by atoms with Crippen LogP contribution in [-0.4, -0.2) is 28.5 Å². The fraction of sp³-hybridized carbons (Fsp3) is 0.556. The molecule has 0 spiro atoms. The third kappa shape index (κ3) is 6.30. The molecule has 0 unspecified atom stereocenters. The summed E-state index contributed by atoms with van der Waals surface area (Å²) in [7, 11) is 1.34. The average Bonchev–Trinajstić information content (AvgIpc) is 2.41. The monoisotopic (exact) mass is 303 g/mol. The van der Waals surface area contributed by atoms with Crippen LogP contribution in [-0.2, 0) is 11.8 Å². The summed E-state index contributed by atoms with van der Waals surface area (Å²) in [5.74, 6) is -0.542. The molecule has 1 rings (SSSR count). The Morgan fingerprint density at radius 3 is 2.37 bits per heavy atom. The Morgan fingerprint density at radius 2 is 1.95 bits per heavy atom. The normalized spacial score (nSPS) is 11.7. The molecule has 0 radical (unpaired) electrons. The number of rotatable bonds is 2. The van der Waals surface area contributed by atoms with Crippen LogP contribution in [0.15, 0.2) is 6.20 Å². The van der Waals surface area contributed by atoms with Gasteiger partial charge in [-0.2, -0.15) is 5.10 Å². The van der Waals surface area contributed by atoms with Gasteiger partial charge in [0.05, 0.1) is 0 Å². The number of halogens is 3. The molecule has 0 atom stereocenters. The van der Waals surface area contributed by atoms with Crippen molar-refractivity contribution in [2.45, 2.75) is 26.4 Å². The van der Waals surface area contributed by atoms with Crippen LogP contribution in [0.4, 0.5) is 23.6 Å². The third-order valence-electron chi connectivity index (χ3n) is 1.83. The van der Waals surface area contributed by atoms with Crippen LogP contribution in [0.25, 0.3) is 0 Å². The third-order valence-corrected chi connectivity index (χ3v) is 1.83. The first-order valence-electron chi connectivity index (χ1n) is 5.22. The smallest absolute Gasteiger partial charge is 0.445 e. The van der Waals surface area contributed by atoms with E-state index in [0.717, 1.165) is 10.9 Å². The van der Waals surface area contributed by atoms with E-state index in [1.54, 1.807) is 20.8 Å². The zero-order valence-electron chi connectivity index (χ0n) is 11.5. The van der Waals surface area contributed by atoms with Gasteiger partial charge < -0.3 is 17.7 Å². The van der Waals surface area contributed by atoms with E-state index in [1.165, 1.54) is 7.05 Å². The van der Waals surface area contributed by atoms with E-state index in [9.17, 15) is 17.7 Å². The van der Waals surface area contributed by atoms with Gasteiger partial charge in [-0.3, -0.25) is 10.00 Å². The molecular weight excluding hydrogens is 289 g/mol. The number of hydrogen-bond donors (Lipinski definition) is 1. The molecule has 1 aromatic rings. The van der Waals surface area contributed by atoms with Gasteiger partial charge in [0.1, 0.15) is 11.4 Å². The number of aryl methyl sites for hydroxylation is 1. The standard InChI is InChI=1S/C9H14BF3N3O2.K/c1-9(2,3)18-8(17)14-7-6(10(11,12)13)5-16(4)15-7;/h5H,1-4H3,(H,14,15,17);/q-1;+1. The van der Waals surface area contributed by atoms with Crippen molar-refractivity contribution in [2.24, 2.45) is 7.05 Å². The van der Waals surface area contributed by atoms with Gasteiger partial charge in [0.25, 0.3) is 0 Å². The zero-order valence-corrected chi connectivity index (χ0v) is 14.6. The number of hydrogen-bond acceptors (Lipinski definition) is 3. The van der Waals surface area contributed by atoms with E-state index in [4.69, 9.17) is 4.74 Å². The molecule has 0 aromatic carbocycles. The molecule has 1 N–H and O–H groups in total. The molecule has 19 heavy (non-hydrogen) atoms. The van der Waals surface area contributed by atoms with Gasteiger partial charge in [0.2, 0.25) is 0 Å². The Bertz CT molecular complexity index is 457. The SMILES string of the molecule is Cn1cc([B-](F)(F)F)c(NC(=O)OC(C)(C)C)n1.[K+]. The molecule has 0 aliphatic heterocycles. The van der Waals surface area contributed by atoms with E-state index in [-0.39, 0.29) is 51.4 Å². The maximum atomic E-state index is 12.7. The molecule has 10 heteroatoms. The van der Waals surface area contributed by atoms with Gasteiger partial charge in [-0.05, 0) is 32.4 Å². The van der Waals surface area contributed by atoms with Gasteiger partial charge >= 0.3 is 64.5 Å². The van der Waals surface area contributed by atoms with E-state index in [1.807, 2.05) is 5.32 Å². The summed E-state index contributed by atoms with van der Waals surface area (Å²) in [6.07, 6.45) is -0.158. The number of carbonyl (C=O) groups excluding carboxylic acids is 1. The summed E-state index contributed by atoms with van der Waals surface area (Å²) in [5, 5.41) is 5.54. The van der Waals surface area contributed by atoms with Crippen molar-refractivity contribution in [1.29, 1.82) is 0 Å². The molecule has 0 aliphatic carbocycles. The number of amides is 1. The minimum absolute atomic E-state index is 0. The summed E-state index contributed by atoms with van der Waals surface area (Å²) in [5.41, 5.74) is -1.74. The van der Waals surface area contributed by atoms with Crippen LogP contribution < -0.4 is 62.2 Å². The van der Waals surface area contributed by atoms with Crippen molar-refractivity contribution in [2.75, 3.05) is 5.32 Å². The predicted molar refractivity (Wildman–Crippen MR) is 61.8 cm³/mol. The van der Waals surface area contributed by atoms with Crippen molar-refractivity contribution in [1.82, 2.24) is 9.78 Å². The topological polar surface area (TPSA) is 56.2 Å². The molecule has 0 saturated heterocycles. The van der Waals surface area contributed by atoms with Crippen LogP contribution in [0, 0.1) is 0 Å². The zero-order chi connectivity index (χ0) is 14.1. The second-order valence-corrected chi connectivity index (χ2v) is 4.81. The number of ether oxygens (including phenoxy) is 1. The quantitative estimate of drug-likeness (QED) is 0.700. The first-order valence-corrected chi connectivity index (χ1v) is 5.22. The Balaban J connectivity index is 0.00000324. The number of anilines is 1. The first kappa shape index (κ1) is 19.0. The second-order valence-electron chi connectivity index (χ2n) is 4.81. The largest absolute Gasteiger partial charge is 1.00 e. The molecule has 0 fully saturated rings. The van der Waals surface area contributed by atoms with Gasteiger partial charge in [-0.15, -0.1) is 0 Å². The minimum Gasteiger partial charge on any atom is -0.445 e. The van der Waals surface area contributed by atoms with Crippen molar-refractivity contribution >= 4 is 24.4 Å². The van der Waals surface area contributed by atoms with Crippen LogP contribution in [0.1, 0.15) is 20.8 Å². The summed E-state index contributed by atoms with van der Waals surface area (Å²) < 4.78 is 43.8. The van der Waals surface area contributed by atoms with Crippen molar-refractivity contribution < 1.29 is 73.9 Å². The van der Waals surface area contributed by atoms with Crippen LogP contribution >= 0.6 is 0 Å². The van der Waals surface area contributed by atoms with Gasteiger partial charge in [-0.1, -0.05) is 0 Å². The van der Waals surface area contributed by atoms with Crippen LogP contribution in [0.2, 0.25) is 0 Å². The molecule has 0 aliphatic rings. The summed E-state index contributed by atoms with van der Waals surface area (Å²) in [6.45, 7) is -0.406. The van der Waals surface area contributed by atoms with E-state index in [2.05, 4.69) is 5.10 Å².